The Morgan fingerprint density at radius 3 is 2.77 bits per heavy atom. The zero-order valence-corrected chi connectivity index (χ0v) is 21.5. The quantitative estimate of drug-likeness (QED) is 0.315. The van der Waals surface area contributed by atoms with E-state index in [1.807, 2.05) is 6.07 Å². The maximum atomic E-state index is 15.3. The molecule has 10 nitrogen and oxygen atoms in total. The van der Waals surface area contributed by atoms with Gasteiger partial charge in [-0.25, -0.2) is 14.4 Å². The van der Waals surface area contributed by atoms with Gasteiger partial charge in [-0.1, -0.05) is 6.42 Å². The van der Waals surface area contributed by atoms with Gasteiger partial charge in [0.25, 0.3) is 0 Å². The average molecular weight is 526 g/mol. The van der Waals surface area contributed by atoms with Gasteiger partial charge in [-0.15, -0.1) is 0 Å². The highest BCUT2D eigenvalue weighted by molar-refractivity contribution is 5.97. The van der Waals surface area contributed by atoms with Crippen LogP contribution in [-0.2, 0) is 4.79 Å². The van der Waals surface area contributed by atoms with Crippen molar-refractivity contribution in [3.63, 3.8) is 0 Å². The predicted molar refractivity (Wildman–Crippen MR) is 148 cm³/mol. The van der Waals surface area contributed by atoms with Crippen LogP contribution in [0.15, 0.2) is 42.9 Å². The molecule has 0 radical (unpaired) electrons. The lowest BCUT2D eigenvalue weighted by Crippen LogP contribution is -2.44. The first-order valence-electron chi connectivity index (χ1n) is 13.3. The fourth-order valence-electron chi connectivity index (χ4n) is 5.33. The maximum Gasteiger partial charge on any atom is 0.227 e. The van der Waals surface area contributed by atoms with E-state index in [1.54, 1.807) is 30.7 Å². The van der Waals surface area contributed by atoms with Gasteiger partial charge in [0.1, 0.15) is 17.0 Å². The first-order valence-corrected chi connectivity index (χ1v) is 13.3. The van der Waals surface area contributed by atoms with Crippen molar-refractivity contribution < 1.29 is 9.18 Å². The van der Waals surface area contributed by atoms with Crippen molar-refractivity contribution >= 4 is 39.3 Å². The van der Waals surface area contributed by atoms with Crippen molar-refractivity contribution in [2.24, 2.45) is 5.92 Å². The Balaban J connectivity index is 1.25. The molecule has 0 atom stereocenters. The normalized spacial score (nSPS) is 16.6. The lowest BCUT2D eigenvalue weighted by molar-refractivity contribution is -0.122. The zero-order valence-electron chi connectivity index (χ0n) is 21.5. The van der Waals surface area contributed by atoms with Crippen molar-refractivity contribution in [1.82, 2.24) is 35.0 Å². The van der Waals surface area contributed by atoms with E-state index >= 15 is 4.39 Å². The number of aromatic nitrogens is 6. The van der Waals surface area contributed by atoms with Crippen LogP contribution in [0.5, 0.6) is 0 Å². The summed E-state index contributed by atoms with van der Waals surface area (Å²) in [6, 6.07) is 6.94. The summed E-state index contributed by atoms with van der Waals surface area (Å²) >= 11 is 0. The summed E-state index contributed by atoms with van der Waals surface area (Å²) in [6.07, 6.45) is 7.84. The molecule has 0 bridgehead atoms. The molecule has 1 saturated heterocycles. The second-order valence-corrected chi connectivity index (χ2v) is 10.4. The Labute approximate surface area is 223 Å². The minimum atomic E-state index is -0.411. The molecule has 0 unspecified atom stereocenters. The zero-order chi connectivity index (χ0) is 26.5. The predicted octanol–water partition coefficient (Wildman–Crippen LogP) is 4.19. The van der Waals surface area contributed by atoms with Crippen LogP contribution >= 0.6 is 0 Å². The van der Waals surface area contributed by atoms with Gasteiger partial charge >= 0.3 is 0 Å². The molecule has 1 amide bonds. The Hall–Kier alpha value is -4.38. The Morgan fingerprint density at radius 1 is 1.13 bits per heavy atom. The first-order chi connectivity index (χ1) is 19.0. The Kier molecular flexibility index (Phi) is 5.73. The third-order valence-corrected chi connectivity index (χ3v) is 7.88. The van der Waals surface area contributed by atoms with Crippen LogP contribution in [0.1, 0.15) is 19.3 Å². The van der Waals surface area contributed by atoms with Crippen molar-refractivity contribution in [2.75, 3.05) is 43.4 Å². The van der Waals surface area contributed by atoms with Crippen LogP contribution in [0.3, 0.4) is 0 Å². The summed E-state index contributed by atoms with van der Waals surface area (Å²) < 4.78 is 15.3. The SMILES string of the molecule is CN1CCN(c2ccnc3nc(-c4n[nH]c5cc(F)c(-c6cncc(NC(=O)C7CCC7)c6)cc45)[nH]c23)CC1. The third-order valence-electron chi connectivity index (χ3n) is 7.88. The molecule has 1 saturated carbocycles. The van der Waals surface area contributed by atoms with Gasteiger partial charge in [-0.3, -0.25) is 14.9 Å². The van der Waals surface area contributed by atoms with Crippen LogP contribution in [0.4, 0.5) is 15.8 Å². The molecule has 1 aliphatic carbocycles. The number of carbonyl (C=O) groups is 1. The van der Waals surface area contributed by atoms with Crippen LogP contribution in [0, 0.1) is 11.7 Å². The van der Waals surface area contributed by atoms with Gasteiger partial charge in [0.15, 0.2) is 11.5 Å². The molecule has 0 spiro atoms. The van der Waals surface area contributed by atoms with E-state index in [1.165, 1.54) is 6.07 Å². The highest BCUT2D eigenvalue weighted by Crippen LogP contribution is 2.34. The first kappa shape index (κ1) is 23.7. The monoisotopic (exact) mass is 525 g/mol. The van der Waals surface area contributed by atoms with Gasteiger partial charge in [-0.2, -0.15) is 5.10 Å². The molecule has 5 heterocycles. The van der Waals surface area contributed by atoms with Gasteiger partial charge in [0.2, 0.25) is 5.91 Å². The number of amides is 1. The fourth-order valence-corrected chi connectivity index (χ4v) is 5.33. The molecular weight excluding hydrogens is 497 g/mol. The lowest BCUT2D eigenvalue weighted by atomic mass is 9.85. The average Bonchev–Trinajstić information content (AvgIpc) is 3.51. The molecule has 39 heavy (non-hydrogen) atoms. The molecule has 2 fully saturated rings. The van der Waals surface area contributed by atoms with Gasteiger partial charge in [0, 0.05) is 67.1 Å². The molecule has 1 aliphatic heterocycles. The smallest absolute Gasteiger partial charge is 0.227 e. The molecule has 2 aliphatic rings. The number of imidazole rings is 1. The largest absolute Gasteiger partial charge is 0.367 e. The number of likely N-dealkylation sites (N-methyl/N-ethyl adjacent to an activating group) is 1. The number of nitrogens with zero attached hydrogens (tertiary/aromatic N) is 6. The summed E-state index contributed by atoms with van der Waals surface area (Å²) in [5.74, 6) is 0.182. The number of anilines is 2. The highest BCUT2D eigenvalue weighted by Gasteiger charge is 2.25. The molecule has 3 N–H and O–H groups in total. The number of pyridine rings is 2. The summed E-state index contributed by atoms with van der Waals surface area (Å²) in [7, 11) is 2.13. The summed E-state index contributed by atoms with van der Waals surface area (Å²) in [5.41, 5.74) is 5.15. The molecule has 198 valence electrons. The van der Waals surface area contributed by atoms with Gasteiger partial charge < -0.3 is 20.1 Å². The summed E-state index contributed by atoms with van der Waals surface area (Å²) in [4.78, 5) is 34.0. The fraction of sp³-hybridized carbons (Fsp3) is 0.321. The summed E-state index contributed by atoms with van der Waals surface area (Å²) in [6.45, 7) is 3.82. The van der Waals surface area contributed by atoms with Crippen LogP contribution < -0.4 is 10.2 Å². The van der Waals surface area contributed by atoms with E-state index in [4.69, 9.17) is 4.98 Å². The highest BCUT2D eigenvalue weighted by atomic mass is 19.1. The van der Waals surface area contributed by atoms with E-state index in [0.29, 0.717) is 39.5 Å². The van der Waals surface area contributed by atoms with Crippen LogP contribution in [0.2, 0.25) is 0 Å². The number of hydrogen-bond acceptors (Lipinski definition) is 7. The number of hydrogen-bond donors (Lipinski definition) is 3. The molecule has 7 rings (SSSR count). The molecule has 1 aromatic carbocycles. The number of carbonyl (C=O) groups excluding carboxylic acids is 1. The number of fused-ring (bicyclic) bond motifs is 2. The van der Waals surface area contributed by atoms with Crippen molar-refractivity contribution in [1.29, 1.82) is 0 Å². The molecular formula is C28H28FN9O. The van der Waals surface area contributed by atoms with E-state index in [9.17, 15) is 4.79 Å². The molecule has 5 aromatic rings. The minimum Gasteiger partial charge on any atom is -0.367 e. The lowest BCUT2D eigenvalue weighted by Gasteiger charge is -2.34. The van der Waals surface area contributed by atoms with E-state index in [2.05, 4.69) is 47.3 Å². The van der Waals surface area contributed by atoms with Gasteiger partial charge in [-0.05, 0) is 38.1 Å². The second-order valence-electron chi connectivity index (χ2n) is 10.4. The second kappa shape index (κ2) is 9.42. The van der Waals surface area contributed by atoms with E-state index in [-0.39, 0.29) is 11.8 Å². The Bertz CT molecular complexity index is 1700. The summed E-state index contributed by atoms with van der Waals surface area (Å²) in [5, 5.41) is 11.1. The third kappa shape index (κ3) is 4.28. The molecule has 11 heteroatoms. The van der Waals surface area contributed by atoms with Crippen molar-refractivity contribution in [2.45, 2.75) is 19.3 Å². The number of nitrogens with one attached hydrogen (secondary N) is 3. The van der Waals surface area contributed by atoms with Crippen molar-refractivity contribution in [3.8, 4) is 22.6 Å². The van der Waals surface area contributed by atoms with E-state index < -0.39 is 5.82 Å². The van der Waals surface area contributed by atoms with Gasteiger partial charge in [0.05, 0.1) is 23.1 Å². The molecule has 4 aromatic heterocycles. The number of aromatic amines is 2. The van der Waals surface area contributed by atoms with Crippen molar-refractivity contribution in [3.05, 3.63) is 48.7 Å². The number of halogens is 1. The maximum absolute atomic E-state index is 15.3. The van der Waals surface area contributed by atoms with Crippen LogP contribution in [-0.4, -0.2) is 74.2 Å². The topological polar surface area (TPSA) is 119 Å². The number of rotatable bonds is 5. The minimum absolute atomic E-state index is 0.0114. The van der Waals surface area contributed by atoms with E-state index in [0.717, 1.165) is 62.0 Å². The number of piperazine rings is 1. The number of H-pyrrole nitrogens is 2. The standard InChI is InChI=1S/C28H28FN9O/c1-37-7-9-38(10-8-37)23-5-6-31-26-25(23)33-27(34-26)24-20-12-19(21(29)13-22(20)35-36-24)17-11-18(15-30-14-17)32-28(39)16-3-2-4-16/h5-6,11-16H,2-4,7-10H2,1H3,(H,32,39)(H,35,36)(H,31,33,34). The van der Waals surface area contributed by atoms with Crippen LogP contribution in [0.25, 0.3) is 44.7 Å². The Morgan fingerprint density at radius 2 is 1.97 bits per heavy atom. The number of benzene rings is 1.